The van der Waals surface area contributed by atoms with Crippen molar-refractivity contribution in [3.8, 4) is 0 Å². The molecule has 0 radical (unpaired) electrons. The van der Waals surface area contributed by atoms with Gasteiger partial charge in [0.05, 0.1) is 0 Å². The largest absolute Gasteiger partial charge is 0.338 e. The Hall–Kier alpha value is -0.380. The Morgan fingerprint density at radius 2 is 2.07 bits per heavy atom. The summed E-state index contributed by atoms with van der Waals surface area (Å²) in [5, 5.41) is 5.82. The molecule has 0 aliphatic carbocycles. The number of carbonyl (C=O) groups is 1. The first kappa shape index (κ1) is 12.7. The maximum Gasteiger partial charge on any atom is 0.314 e. The van der Waals surface area contributed by atoms with E-state index in [1.807, 2.05) is 11.8 Å². The van der Waals surface area contributed by atoms with Crippen LogP contribution < -0.4 is 10.6 Å². The molecule has 0 aromatic heterocycles. The molecule has 1 saturated heterocycles. The second-order valence-electron chi connectivity index (χ2n) is 4.05. The summed E-state index contributed by atoms with van der Waals surface area (Å²) >= 11 is 2.02. The predicted octanol–water partition coefficient (Wildman–Crippen LogP) is 2.23. The number of thioether (sulfide) groups is 1. The fourth-order valence-electron chi connectivity index (χ4n) is 1.63. The Morgan fingerprint density at radius 1 is 1.33 bits per heavy atom. The molecule has 2 amide bonds. The minimum Gasteiger partial charge on any atom is -0.338 e. The first-order valence-electron chi connectivity index (χ1n) is 5.92. The highest BCUT2D eigenvalue weighted by Crippen LogP contribution is 2.21. The average molecular weight is 230 g/mol. The molecule has 0 bridgehead atoms. The van der Waals surface area contributed by atoms with Gasteiger partial charge >= 0.3 is 6.03 Å². The van der Waals surface area contributed by atoms with Crippen LogP contribution in [-0.4, -0.2) is 30.6 Å². The summed E-state index contributed by atoms with van der Waals surface area (Å²) in [6.07, 6.45) is 4.69. The van der Waals surface area contributed by atoms with Crippen LogP contribution >= 0.6 is 11.8 Å². The lowest BCUT2D eigenvalue weighted by molar-refractivity contribution is 0.238. The number of carbonyl (C=O) groups excluding carboxylic acids is 1. The van der Waals surface area contributed by atoms with Gasteiger partial charge in [-0.2, -0.15) is 11.8 Å². The van der Waals surface area contributed by atoms with Gasteiger partial charge in [0.1, 0.15) is 0 Å². The zero-order valence-corrected chi connectivity index (χ0v) is 10.4. The third-order valence-electron chi connectivity index (χ3n) is 2.71. The van der Waals surface area contributed by atoms with E-state index in [1.165, 1.54) is 24.3 Å². The summed E-state index contributed by atoms with van der Waals surface area (Å²) in [6.45, 7) is 3.76. The number of amides is 2. The highest BCUT2D eigenvalue weighted by molar-refractivity contribution is 7.99. The maximum atomic E-state index is 11.3. The lowest BCUT2D eigenvalue weighted by Gasteiger charge is -2.21. The minimum absolute atomic E-state index is 0.00155. The van der Waals surface area contributed by atoms with Gasteiger partial charge in [-0.3, -0.25) is 0 Å². The van der Waals surface area contributed by atoms with Gasteiger partial charge in [0.15, 0.2) is 0 Å². The minimum atomic E-state index is 0.00155. The van der Waals surface area contributed by atoms with Crippen molar-refractivity contribution in [2.45, 2.75) is 32.6 Å². The number of rotatable bonds is 5. The predicted molar refractivity (Wildman–Crippen MR) is 66.4 cm³/mol. The van der Waals surface area contributed by atoms with E-state index in [1.54, 1.807) is 0 Å². The Bertz CT molecular complexity index is 181. The Labute approximate surface area is 96.8 Å². The number of hydrogen-bond acceptors (Lipinski definition) is 2. The van der Waals surface area contributed by atoms with Gasteiger partial charge in [-0.25, -0.2) is 4.79 Å². The maximum absolute atomic E-state index is 11.3. The molecule has 0 atom stereocenters. The summed E-state index contributed by atoms with van der Waals surface area (Å²) < 4.78 is 0. The zero-order valence-electron chi connectivity index (χ0n) is 9.55. The number of nitrogens with one attached hydrogen (secondary N) is 2. The highest BCUT2D eigenvalue weighted by atomic mass is 32.2. The van der Waals surface area contributed by atoms with E-state index >= 15 is 0 Å². The van der Waals surface area contributed by atoms with Crippen LogP contribution in [0.1, 0.15) is 32.6 Å². The standard InChI is InChI=1S/C11H22N2OS/c1-2-3-6-12-11(14)13-9-10-4-7-15-8-5-10/h10H,2-9H2,1H3,(H2,12,13,14). The molecular formula is C11H22N2OS. The van der Waals surface area contributed by atoms with Gasteiger partial charge in [0, 0.05) is 13.1 Å². The molecule has 1 aliphatic rings. The van der Waals surface area contributed by atoms with Gasteiger partial charge in [0.2, 0.25) is 0 Å². The lowest BCUT2D eigenvalue weighted by atomic mass is 10.0. The Morgan fingerprint density at radius 3 is 2.73 bits per heavy atom. The summed E-state index contributed by atoms with van der Waals surface area (Å²) in [6, 6.07) is 0.00155. The number of urea groups is 1. The summed E-state index contributed by atoms with van der Waals surface area (Å²) in [7, 11) is 0. The SMILES string of the molecule is CCCCNC(=O)NCC1CCSCC1. The van der Waals surface area contributed by atoms with Gasteiger partial charge in [0.25, 0.3) is 0 Å². The summed E-state index contributed by atoms with van der Waals surface area (Å²) in [4.78, 5) is 11.3. The molecule has 0 spiro atoms. The average Bonchev–Trinajstić information content (AvgIpc) is 2.28. The van der Waals surface area contributed by atoms with Gasteiger partial charge in [-0.15, -0.1) is 0 Å². The Kier molecular flexibility index (Phi) is 6.64. The third kappa shape index (κ3) is 5.92. The van der Waals surface area contributed by atoms with Crippen LogP contribution in [0, 0.1) is 5.92 Å². The van der Waals surface area contributed by atoms with Crippen molar-refractivity contribution in [3.05, 3.63) is 0 Å². The van der Waals surface area contributed by atoms with Crippen LogP contribution in [0.4, 0.5) is 4.79 Å². The first-order valence-corrected chi connectivity index (χ1v) is 7.08. The molecule has 1 aliphatic heterocycles. The molecule has 2 N–H and O–H groups in total. The smallest absolute Gasteiger partial charge is 0.314 e. The molecule has 0 saturated carbocycles. The zero-order chi connectivity index (χ0) is 10.9. The van der Waals surface area contributed by atoms with Crippen molar-refractivity contribution < 1.29 is 4.79 Å². The molecule has 0 aromatic rings. The van der Waals surface area contributed by atoms with Gasteiger partial charge in [-0.1, -0.05) is 13.3 Å². The van der Waals surface area contributed by atoms with E-state index in [9.17, 15) is 4.79 Å². The van der Waals surface area contributed by atoms with Crippen molar-refractivity contribution in [3.63, 3.8) is 0 Å². The molecule has 1 heterocycles. The van der Waals surface area contributed by atoms with Crippen LogP contribution in [-0.2, 0) is 0 Å². The topological polar surface area (TPSA) is 41.1 Å². The Balaban J connectivity index is 2.00. The molecule has 4 heteroatoms. The van der Waals surface area contributed by atoms with Crippen molar-refractivity contribution in [1.82, 2.24) is 10.6 Å². The van der Waals surface area contributed by atoms with Gasteiger partial charge in [-0.05, 0) is 36.7 Å². The second kappa shape index (κ2) is 7.85. The molecule has 1 rings (SSSR count). The fraction of sp³-hybridized carbons (Fsp3) is 0.909. The van der Waals surface area contributed by atoms with E-state index in [-0.39, 0.29) is 6.03 Å². The molecular weight excluding hydrogens is 208 g/mol. The monoisotopic (exact) mass is 230 g/mol. The van der Waals surface area contributed by atoms with E-state index in [2.05, 4.69) is 17.6 Å². The quantitative estimate of drug-likeness (QED) is 0.711. The second-order valence-corrected chi connectivity index (χ2v) is 5.27. The summed E-state index contributed by atoms with van der Waals surface area (Å²) in [5.74, 6) is 3.20. The van der Waals surface area contributed by atoms with Crippen molar-refractivity contribution in [2.75, 3.05) is 24.6 Å². The summed E-state index contributed by atoms with van der Waals surface area (Å²) in [5.41, 5.74) is 0. The van der Waals surface area contributed by atoms with Crippen LogP contribution in [0.3, 0.4) is 0 Å². The van der Waals surface area contributed by atoms with Crippen LogP contribution in [0.15, 0.2) is 0 Å². The highest BCUT2D eigenvalue weighted by Gasteiger charge is 2.13. The van der Waals surface area contributed by atoms with E-state index in [0.717, 1.165) is 25.9 Å². The third-order valence-corrected chi connectivity index (χ3v) is 3.76. The molecule has 0 aromatic carbocycles. The fourth-order valence-corrected chi connectivity index (χ4v) is 2.83. The molecule has 15 heavy (non-hydrogen) atoms. The van der Waals surface area contributed by atoms with Crippen molar-refractivity contribution in [2.24, 2.45) is 5.92 Å². The first-order chi connectivity index (χ1) is 7.33. The van der Waals surface area contributed by atoms with E-state index < -0.39 is 0 Å². The molecule has 88 valence electrons. The molecule has 0 unspecified atom stereocenters. The van der Waals surface area contributed by atoms with Crippen LogP contribution in [0.25, 0.3) is 0 Å². The van der Waals surface area contributed by atoms with Crippen LogP contribution in [0.2, 0.25) is 0 Å². The van der Waals surface area contributed by atoms with Crippen LogP contribution in [0.5, 0.6) is 0 Å². The van der Waals surface area contributed by atoms with Crippen molar-refractivity contribution >= 4 is 17.8 Å². The lowest BCUT2D eigenvalue weighted by Crippen LogP contribution is -2.39. The van der Waals surface area contributed by atoms with E-state index in [0.29, 0.717) is 5.92 Å². The van der Waals surface area contributed by atoms with Crippen molar-refractivity contribution in [1.29, 1.82) is 0 Å². The number of unbranched alkanes of at least 4 members (excludes halogenated alkanes) is 1. The number of hydrogen-bond donors (Lipinski definition) is 2. The van der Waals surface area contributed by atoms with Gasteiger partial charge < -0.3 is 10.6 Å². The normalized spacial score (nSPS) is 17.4. The van der Waals surface area contributed by atoms with E-state index in [4.69, 9.17) is 0 Å². The molecule has 3 nitrogen and oxygen atoms in total. The molecule has 1 fully saturated rings.